The molecular formula is C19H25BrO2. The lowest BCUT2D eigenvalue weighted by molar-refractivity contribution is -0.0227. The van der Waals surface area contributed by atoms with Crippen molar-refractivity contribution in [1.29, 1.82) is 0 Å². The molecule has 3 aliphatic carbocycles. The Morgan fingerprint density at radius 2 is 2.00 bits per heavy atom. The molecule has 120 valence electrons. The average molecular weight is 365 g/mol. The van der Waals surface area contributed by atoms with Gasteiger partial charge >= 0.3 is 0 Å². The van der Waals surface area contributed by atoms with Gasteiger partial charge in [0.1, 0.15) is 5.75 Å². The number of rotatable bonds is 0. The predicted octanol–water partition coefficient (Wildman–Crippen LogP) is 4.68. The van der Waals surface area contributed by atoms with E-state index in [0.717, 1.165) is 23.7 Å². The summed E-state index contributed by atoms with van der Waals surface area (Å²) in [6, 6.07) is 1.97. The zero-order valence-electron chi connectivity index (χ0n) is 13.4. The van der Waals surface area contributed by atoms with Crippen LogP contribution in [0.1, 0.15) is 61.6 Å². The fraction of sp³-hybridized carbons (Fsp3) is 0.684. The van der Waals surface area contributed by atoms with Crippen LogP contribution < -0.4 is 0 Å². The molecule has 2 fully saturated rings. The number of phenolic OH excluding ortho intramolecular Hbond substituents is 1. The molecule has 2 nitrogen and oxygen atoms in total. The number of fused-ring (bicyclic) bond motifs is 5. The van der Waals surface area contributed by atoms with Crippen molar-refractivity contribution >= 4 is 15.9 Å². The SMILES string of the molecule is Cc1c(Br)c(O)cc2c1[C@H]1CC[C@]3(C)[C@@H](O)CC[C@H]3[C@@H]1CC2. The lowest BCUT2D eigenvalue weighted by Gasteiger charge is -2.50. The van der Waals surface area contributed by atoms with Gasteiger partial charge in [-0.2, -0.15) is 0 Å². The summed E-state index contributed by atoms with van der Waals surface area (Å²) in [5.74, 6) is 2.37. The van der Waals surface area contributed by atoms with Crippen molar-refractivity contribution < 1.29 is 10.2 Å². The van der Waals surface area contributed by atoms with Crippen molar-refractivity contribution in [2.24, 2.45) is 17.3 Å². The first kappa shape index (κ1) is 15.0. The molecule has 5 atom stereocenters. The largest absolute Gasteiger partial charge is 0.507 e. The van der Waals surface area contributed by atoms with E-state index in [4.69, 9.17) is 0 Å². The number of hydrogen-bond donors (Lipinski definition) is 2. The maximum absolute atomic E-state index is 10.5. The molecule has 0 amide bonds. The lowest BCUT2D eigenvalue weighted by atomic mass is 9.55. The van der Waals surface area contributed by atoms with Crippen molar-refractivity contribution in [2.75, 3.05) is 0 Å². The average Bonchev–Trinajstić information content (AvgIpc) is 2.80. The lowest BCUT2D eigenvalue weighted by Crippen LogP contribution is -2.44. The van der Waals surface area contributed by atoms with Crippen molar-refractivity contribution in [3.05, 3.63) is 27.2 Å². The second kappa shape index (κ2) is 4.98. The van der Waals surface area contributed by atoms with Gasteiger partial charge in [0.05, 0.1) is 10.6 Å². The molecule has 0 bridgehead atoms. The summed E-state index contributed by atoms with van der Waals surface area (Å²) in [6.45, 7) is 4.46. The zero-order valence-corrected chi connectivity index (χ0v) is 15.0. The van der Waals surface area contributed by atoms with E-state index >= 15 is 0 Å². The minimum absolute atomic E-state index is 0.104. The van der Waals surface area contributed by atoms with Gasteiger partial charge in [0.15, 0.2) is 0 Å². The Morgan fingerprint density at radius 1 is 1.23 bits per heavy atom. The van der Waals surface area contributed by atoms with Crippen LogP contribution >= 0.6 is 15.9 Å². The Kier molecular flexibility index (Phi) is 3.40. The molecule has 0 spiro atoms. The van der Waals surface area contributed by atoms with Gasteiger partial charge in [-0.3, -0.25) is 0 Å². The number of aliphatic hydroxyl groups is 1. The van der Waals surface area contributed by atoms with E-state index in [9.17, 15) is 10.2 Å². The van der Waals surface area contributed by atoms with Gasteiger partial charge in [0, 0.05) is 0 Å². The van der Waals surface area contributed by atoms with Crippen LogP contribution in [-0.4, -0.2) is 16.3 Å². The van der Waals surface area contributed by atoms with Crippen molar-refractivity contribution in [3.63, 3.8) is 0 Å². The highest BCUT2D eigenvalue weighted by Crippen LogP contribution is 2.61. The first-order valence-electron chi connectivity index (χ1n) is 8.62. The van der Waals surface area contributed by atoms with E-state index in [2.05, 4.69) is 29.8 Å². The normalized spacial score (nSPS) is 40.0. The van der Waals surface area contributed by atoms with Crippen LogP contribution in [0.3, 0.4) is 0 Å². The first-order chi connectivity index (χ1) is 10.4. The smallest absolute Gasteiger partial charge is 0.130 e. The highest BCUT2D eigenvalue weighted by Gasteiger charge is 2.54. The van der Waals surface area contributed by atoms with E-state index in [1.54, 1.807) is 0 Å². The fourth-order valence-corrected chi connectivity index (χ4v) is 6.25. The van der Waals surface area contributed by atoms with Gasteiger partial charge < -0.3 is 10.2 Å². The summed E-state index contributed by atoms with van der Waals surface area (Å²) >= 11 is 3.56. The number of aliphatic hydroxyl groups excluding tert-OH is 1. The molecule has 2 saturated carbocycles. The van der Waals surface area contributed by atoms with Crippen molar-refractivity contribution in [2.45, 2.75) is 64.4 Å². The standard InChI is InChI=1S/C19H25BrO2/c1-10-17-11(9-15(21)18(10)20)3-4-12-13(17)7-8-19(2)14(12)5-6-16(19)22/h9,12-14,16,21-22H,3-8H2,1-2H3/t12-,13+,14+,16+,19+/m1/s1. The Morgan fingerprint density at radius 3 is 2.77 bits per heavy atom. The topological polar surface area (TPSA) is 40.5 Å². The second-order valence-corrected chi connectivity index (χ2v) is 8.75. The second-order valence-electron chi connectivity index (χ2n) is 7.96. The summed E-state index contributed by atoms with van der Waals surface area (Å²) in [7, 11) is 0. The third-order valence-corrected chi connectivity index (χ3v) is 8.12. The quantitative estimate of drug-likeness (QED) is 0.701. The molecule has 1 aromatic rings. The van der Waals surface area contributed by atoms with Crippen LogP contribution in [0.25, 0.3) is 0 Å². The predicted molar refractivity (Wildman–Crippen MR) is 91.2 cm³/mol. The molecular weight excluding hydrogens is 340 g/mol. The highest BCUT2D eigenvalue weighted by atomic mass is 79.9. The molecule has 3 heteroatoms. The minimum atomic E-state index is -0.104. The summed E-state index contributed by atoms with van der Waals surface area (Å²) in [5.41, 5.74) is 4.21. The van der Waals surface area contributed by atoms with Crippen molar-refractivity contribution in [1.82, 2.24) is 0 Å². The number of halogens is 1. The molecule has 1 aromatic carbocycles. The van der Waals surface area contributed by atoms with E-state index in [1.807, 2.05) is 6.07 Å². The highest BCUT2D eigenvalue weighted by molar-refractivity contribution is 9.10. The molecule has 4 rings (SSSR count). The molecule has 0 heterocycles. The summed E-state index contributed by atoms with van der Waals surface area (Å²) < 4.78 is 0.867. The number of phenols is 1. The van der Waals surface area contributed by atoms with Crippen LogP contribution in [0.5, 0.6) is 5.75 Å². The number of benzene rings is 1. The van der Waals surface area contributed by atoms with Gasteiger partial charge in [-0.15, -0.1) is 0 Å². The fourth-order valence-electron chi connectivity index (χ4n) is 5.92. The molecule has 22 heavy (non-hydrogen) atoms. The first-order valence-corrected chi connectivity index (χ1v) is 9.41. The van der Waals surface area contributed by atoms with Crippen LogP contribution in [0.4, 0.5) is 0 Å². The molecule has 0 saturated heterocycles. The molecule has 2 N–H and O–H groups in total. The van der Waals surface area contributed by atoms with Gasteiger partial charge in [-0.1, -0.05) is 6.92 Å². The number of aromatic hydroxyl groups is 1. The Bertz CT molecular complexity index is 626. The van der Waals surface area contributed by atoms with Crippen molar-refractivity contribution in [3.8, 4) is 5.75 Å². The van der Waals surface area contributed by atoms with E-state index < -0.39 is 0 Å². The summed E-state index contributed by atoms with van der Waals surface area (Å²) in [5, 5.41) is 20.6. The number of aryl methyl sites for hydroxylation is 1. The summed E-state index contributed by atoms with van der Waals surface area (Å²) in [4.78, 5) is 0. The van der Waals surface area contributed by atoms with Crippen LogP contribution in [0.2, 0.25) is 0 Å². The van der Waals surface area contributed by atoms with Crippen LogP contribution in [0, 0.1) is 24.2 Å². The van der Waals surface area contributed by atoms with Gasteiger partial charge in [-0.05, 0) is 107 Å². The minimum Gasteiger partial charge on any atom is -0.507 e. The number of hydrogen-bond acceptors (Lipinski definition) is 2. The van der Waals surface area contributed by atoms with E-state index in [-0.39, 0.29) is 11.5 Å². The van der Waals surface area contributed by atoms with Gasteiger partial charge in [-0.25, -0.2) is 0 Å². The molecule has 0 unspecified atom stereocenters. The third-order valence-electron chi connectivity index (χ3n) is 7.12. The van der Waals surface area contributed by atoms with Crippen LogP contribution in [0.15, 0.2) is 10.5 Å². The monoisotopic (exact) mass is 364 g/mol. The van der Waals surface area contributed by atoms with E-state index in [0.29, 0.717) is 23.5 Å². The Balaban J connectivity index is 1.78. The zero-order chi connectivity index (χ0) is 15.6. The molecule has 0 aromatic heterocycles. The van der Waals surface area contributed by atoms with Crippen LogP contribution in [-0.2, 0) is 6.42 Å². The molecule has 0 aliphatic heterocycles. The Hall–Kier alpha value is -0.540. The van der Waals surface area contributed by atoms with E-state index in [1.165, 1.54) is 36.0 Å². The maximum Gasteiger partial charge on any atom is 0.130 e. The molecule has 3 aliphatic rings. The maximum atomic E-state index is 10.5. The Labute approximate surface area is 141 Å². The summed E-state index contributed by atoms with van der Waals surface area (Å²) in [6.07, 6.45) is 6.66. The van der Waals surface area contributed by atoms with Gasteiger partial charge in [0.25, 0.3) is 0 Å². The van der Waals surface area contributed by atoms with Gasteiger partial charge in [0.2, 0.25) is 0 Å². The molecule has 0 radical (unpaired) electrons. The third kappa shape index (κ3) is 1.88.